The van der Waals surface area contributed by atoms with Crippen LogP contribution in [0.15, 0.2) is 48.5 Å². The lowest BCUT2D eigenvalue weighted by Crippen LogP contribution is -2.28. The summed E-state index contributed by atoms with van der Waals surface area (Å²) in [5, 5.41) is 8.75. The van der Waals surface area contributed by atoms with Gasteiger partial charge in [0.15, 0.2) is 0 Å². The average Bonchev–Trinajstić information content (AvgIpc) is 2.94. The molecule has 0 aromatic heterocycles. The zero-order valence-corrected chi connectivity index (χ0v) is 14.5. The third-order valence-electron chi connectivity index (χ3n) is 6.18. The van der Waals surface area contributed by atoms with Crippen LogP contribution in [0.2, 0.25) is 0 Å². The molecule has 2 aromatic carbocycles. The second kappa shape index (κ2) is 5.76. The van der Waals surface area contributed by atoms with Crippen molar-refractivity contribution in [1.82, 2.24) is 4.90 Å². The molecule has 2 unspecified atom stereocenters. The van der Waals surface area contributed by atoms with Crippen molar-refractivity contribution in [2.45, 2.75) is 32.2 Å². The van der Waals surface area contributed by atoms with Gasteiger partial charge in [0.1, 0.15) is 0 Å². The van der Waals surface area contributed by atoms with Gasteiger partial charge in [-0.05, 0) is 35.4 Å². The molecule has 1 aliphatic carbocycles. The molecule has 0 bridgehead atoms. The van der Waals surface area contributed by atoms with Crippen LogP contribution in [0.1, 0.15) is 29.2 Å². The molecule has 2 heteroatoms. The average molecular weight is 316 g/mol. The Morgan fingerprint density at radius 1 is 1.08 bits per heavy atom. The van der Waals surface area contributed by atoms with E-state index in [0.717, 1.165) is 23.9 Å². The van der Waals surface area contributed by atoms with E-state index in [1.165, 1.54) is 29.8 Å². The molecule has 0 amide bonds. The van der Waals surface area contributed by atoms with Crippen LogP contribution in [-0.2, 0) is 18.4 Å². The Bertz CT molecular complexity index is 772. The molecule has 24 heavy (non-hydrogen) atoms. The number of likely N-dealkylation sites (tertiary alicyclic amines) is 1. The minimum Gasteiger partial charge on any atom is -0.298 e. The highest BCUT2D eigenvalue weighted by Gasteiger charge is 2.65. The maximum atomic E-state index is 8.75. The fourth-order valence-corrected chi connectivity index (χ4v) is 4.61. The Balaban J connectivity index is 1.39. The number of fused-ring (bicyclic) bond motifs is 1. The van der Waals surface area contributed by atoms with Gasteiger partial charge in [-0.3, -0.25) is 4.90 Å². The van der Waals surface area contributed by atoms with Crippen molar-refractivity contribution in [3.05, 3.63) is 70.8 Å². The predicted molar refractivity (Wildman–Crippen MR) is 96.5 cm³/mol. The van der Waals surface area contributed by atoms with Crippen LogP contribution >= 0.6 is 0 Å². The zero-order valence-electron chi connectivity index (χ0n) is 14.5. The maximum absolute atomic E-state index is 8.75. The molecule has 2 fully saturated rings. The molecule has 1 saturated heterocycles. The molecule has 0 N–H and O–H groups in total. The third kappa shape index (κ3) is 2.54. The molecule has 2 aliphatic rings. The highest BCUT2D eigenvalue weighted by atomic mass is 15.2. The SMILES string of the molecule is Cc1cccc(C2(C)C3CN(Cc4ccc(CC#N)cc4)CC32)c1. The van der Waals surface area contributed by atoms with E-state index in [0.29, 0.717) is 11.8 Å². The molecule has 0 spiro atoms. The third-order valence-corrected chi connectivity index (χ3v) is 6.18. The van der Waals surface area contributed by atoms with Crippen LogP contribution in [0.4, 0.5) is 0 Å². The van der Waals surface area contributed by atoms with E-state index in [1.807, 2.05) is 0 Å². The van der Waals surface area contributed by atoms with Crippen LogP contribution in [0.3, 0.4) is 0 Å². The van der Waals surface area contributed by atoms with Crippen molar-refractivity contribution in [2.24, 2.45) is 11.8 Å². The number of rotatable bonds is 4. The minimum atomic E-state index is 0.388. The fourth-order valence-electron chi connectivity index (χ4n) is 4.61. The molecule has 0 radical (unpaired) electrons. The number of piperidine rings is 1. The number of benzene rings is 2. The van der Waals surface area contributed by atoms with E-state index in [1.54, 1.807) is 0 Å². The molecule has 1 aliphatic heterocycles. The molecule has 1 saturated carbocycles. The lowest BCUT2D eigenvalue weighted by atomic mass is 9.91. The van der Waals surface area contributed by atoms with Crippen LogP contribution in [-0.4, -0.2) is 18.0 Å². The lowest BCUT2D eigenvalue weighted by Gasteiger charge is -2.24. The van der Waals surface area contributed by atoms with Crippen molar-refractivity contribution < 1.29 is 0 Å². The van der Waals surface area contributed by atoms with E-state index in [4.69, 9.17) is 5.26 Å². The van der Waals surface area contributed by atoms with Crippen molar-refractivity contribution >= 4 is 0 Å². The van der Waals surface area contributed by atoms with Gasteiger partial charge in [-0.2, -0.15) is 5.26 Å². The van der Waals surface area contributed by atoms with Gasteiger partial charge in [0, 0.05) is 25.0 Å². The van der Waals surface area contributed by atoms with Gasteiger partial charge in [0.2, 0.25) is 0 Å². The Labute approximate surface area is 144 Å². The second-order valence-electron chi connectivity index (χ2n) is 7.71. The predicted octanol–water partition coefficient (Wildman–Crippen LogP) is 4.08. The standard InChI is InChI=1S/C22H24N2/c1-16-4-3-5-19(12-16)22(2)20-14-24(15-21(20)22)13-18-8-6-17(7-9-18)10-11-23/h3-9,12,20-21H,10,13-15H2,1-2H3. The van der Waals surface area contributed by atoms with Crippen LogP contribution < -0.4 is 0 Å². The topological polar surface area (TPSA) is 27.0 Å². The van der Waals surface area contributed by atoms with Gasteiger partial charge < -0.3 is 0 Å². The minimum absolute atomic E-state index is 0.388. The summed E-state index contributed by atoms with van der Waals surface area (Å²) in [6, 6.07) is 19.8. The van der Waals surface area contributed by atoms with Crippen molar-refractivity contribution in [1.29, 1.82) is 5.26 Å². The largest absolute Gasteiger partial charge is 0.298 e. The Kier molecular flexibility index (Phi) is 3.70. The first-order valence-corrected chi connectivity index (χ1v) is 8.85. The first-order chi connectivity index (χ1) is 11.6. The molecular weight excluding hydrogens is 292 g/mol. The lowest BCUT2D eigenvalue weighted by molar-refractivity contribution is 0.270. The highest BCUT2D eigenvalue weighted by Crippen LogP contribution is 2.63. The monoisotopic (exact) mass is 316 g/mol. The van der Waals surface area contributed by atoms with Gasteiger partial charge in [-0.25, -0.2) is 0 Å². The van der Waals surface area contributed by atoms with Crippen LogP contribution in [0.5, 0.6) is 0 Å². The Morgan fingerprint density at radius 2 is 1.75 bits per heavy atom. The van der Waals surface area contributed by atoms with Crippen molar-refractivity contribution in [2.75, 3.05) is 13.1 Å². The number of hydrogen-bond acceptors (Lipinski definition) is 2. The molecular formula is C22H24N2. The van der Waals surface area contributed by atoms with Gasteiger partial charge >= 0.3 is 0 Å². The zero-order chi connectivity index (χ0) is 16.7. The number of nitrogens with zero attached hydrogens (tertiary/aromatic N) is 2. The first kappa shape index (κ1) is 15.4. The van der Waals surface area contributed by atoms with E-state index in [-0.39, 0.29) is 0 Å². The van der Waals surface area contributed by atoms with Crippen LogP contribution in [0, 0.1) is 30.1 Å². The quantitative estimate of drug-likeness (QED) is 0.850. The molecule has 1 heterocycles. The first-order valence-electron chi connectivity index (χ1n) is 8.85. The van der Waals surface area contributed by atoms with Gasteiger partial charge in [-0.1, -0.05) is 61.0 Å². The Hall–Kier alpha value is -2.11. The molecule has 4 rings (SSSR count). The normalized spacial score (nSPS) is 28.4. The number of nitriles is 1. The van der Waals surface area contributed by atoms with E-state index in [2.05, 4.69) is 73.3 Å². The summed E-state index contributed by atoms with van der Waals surface area (Å²) in [5.41, 5.74) is 5.75. The van der Waals surface area contributed by atoms with Crippen LogP contribution in [0.25, 0.3) is 0 Å². The Morgan fingerprint density at radius 3 is 2.38 bits per heavy atom. The fraction of sp³-hybridized carbons (Fsp3) is 0.409. The summed E-state index contributed by atoms with van der Waals surface area (Å²) in [7, 11) is 0. The smallest absolute Gasteiger partial charge is 0.0669 e. The molecule has 2 atom stereocenters. The second-order valence-corrected chi connectivity index (χ2v) is 7.71. The summed E-state index contributed by atoms with van der Waals surface area (Å²) in [5.74, 6) is 1.61. The summed E-state index contributed by atoms with van der Waals surface area (Å²) < 4.78 is 0. The van der Waals surface area contributed by atoms with E-state index >= 15 is 0 Å². The summed E-state index contributed by atoms with van der Waals surface area (Å²) in [4.78, 5) is 2.59. The molecule has 122 valence electrons. The van der Waals surface area contributed by atoms with Crippen molar-refractivity contribution in [3.8, 4) is 6.07 Å². The molecule has 2 aromatic rings. The van der Waals surface area contributed by atoms with E-state index < -0.39 is 0 Å². The molecule has 2 nitrogen and oxygen atoms in total. The van der Waals surface area contributed by atoms with Gasteiger partial charge in [0.05, 0.1) is 12.5 Å². The van der Waals surface area contributed by atoms with Crippen molar-refractivity contribution in [3.63, 3.8) is 0 Å². The summed E-state index contributed by atoms with van der Waals surface area (Å²) >= 11 is 0. The number of aryl methyl sites for hydroxylation is 1. The highest BCUT2D eigenvalue weighted by molar-refractivity contribution is 5.39. The maximum Gasteiger partial charge on any atom is 0.0669 e. The van der Waals surface area contributed by atoms with E-state index in [9.17, 15) is 0 Å². The van der Waals surface area contributed by atoms with Gasteiger partial charge in [-0.15, -0.1) is 0 Å². The summed E-state index contributed by atoms with van der Waals surface area (Å²) in [6.07, 6.45) is 0.503. The number of hydrogen-bond donors (Lipinski definition) is 0. The van der Waals surface area contributed by atoms with Gasteiger partial charge in [0.25, 0.3) is 0 Å². The summed E-state index contributed by atoms with van der Waals surface area (Å²) in [6.45, 7) is 8.08.